The molecule has 0 radical (unpaired) electrons. The van der Waals surface area contributed by atoms with Gasteiger partial charge in [-0.05, 0) is 43.3 Å². The molecule has 1 amide bonds. The Morgan fingerprint density at radius 3 is 2.77 bits per heavy atom. The molecule has 154 valence electrons. The number of hydrogen-bond donors (Lipinski definition) is 0. The average Bonchev–Trinajstić information content (AvgIpc) is 3.19. The molecular weight excluding hydrogens is 402 g/mol. The second-order valence-electron chi connectivity index (χ2n) is 7.02. The Balaban J connectivity index is 1.74. The molecule has 0 spiro atoms. The van der Waals surface area contributed by atoms with Crippen LogP contribution in [-0.4, -0.2) is 35.3 Å². The van der Waals surface area contributed by atoms with Gasteiger partial charge in [0.25, 0.3) is 0 Å². The van der Waals surface area contributed by atoms with Crippen molar-refractivity contribution in [2.45, 2.75) is 26.3 Å². The number of hydrazone groups is 1. The number of nitrogens with zero attached hydrogens (tertiary/aromatic N) is 3. The number of aromatic nitrogens is 1. The lowest BCUT2D eigenvalue weighted by molar-refractivity contribution is -0.130. The minimum Gasteiger partial charge on any atom is -0.497 e. The van der Waals surface area contributed by atoms with E-state index in [1.165, 1.54) is 11.9 Å². The molecule has 0 saturated heterocycles. The molecule has 6 nitrogen and oxygen atoms in total. The first-order valence-electron chi connectivity index (χ1n) is 9.75. The number of benzene rings is 2. The van der Waals surface area contributed by atoms with Gasteiger partial charge in [0.1, 0.15) is 16.7 Å². The molecule has 4 rings (SSSR count). The van der Waals surface area contributed by atoms with Gasteiger partial charge in [0.15, 0.2) is 0 Å². The molecule has 0 saturated carbocycles. The topological polar surface area (TPSA) is 64.0 Å². The van der Waals surface area contributed by atoms with Gasteiger partial charge in [-0.25, -0.2) is 9.99 Å². The largest absolute Gasteiger partial charge is 0.497 e. The molecule has 1 aliphatic rings. The summed E-state index contributed by atoms with van der Waals surface area (Å²) in [6, 6.07) is 15.0. The summed E-state index contributed by atoms with van der Waals surface area (Å²) in [6.45, 7) is 4.02. The number of halogens is 1. The number of ether oxygens (including phenoxy) is 2. The van der Waals surface area contributed by atoms with Crippen LogP contribution in [0.1, 0.15) is 37.4 Å². The first kappa shape index (κ1) is 20.2. The van der Waals surface area contributed by atoms with Gasteiger partial charge in [0, 0.05) is 29.9 Å². The van der Waals surface area contributed by atoms with Gasteiger partial charge in [-0.15, -0.1) is 0 Å². The highest BCUT2D eigenvalue weighted by Crippen LogP contribution is 2.38. The number of pyridine rings is 1. The third kappa shape index (κ3) is 3.83. The van der Waals surface area contributed by atoms with E-state index in [1.54, 1.807) is 7.11 Å². The lowest BCUT2D eigenvalue weighted by Crippen LogP contribution is -2.24. The maximum atomic E-state index is 12.4. The maximum absolute atomic E-state index is 12.4. The number of rotatable bonds is 5. The molecule has 0 N–H and O–H groups in total. The van der Waals surface area contributed by atoms with Crippen molar-refractivity contribution >= 4 is 34.1 Å². The minimum atomic E-state index is -0.330. The van der Waals surface area contributed by atoms with E-state index in [2.05, 4.69) is 10.1 Å². The molecule has 30 heavy (non-hydrogen) atoms. The lowest BCUT2D eigenvalue weighted by atomic mass is 9.98. The summed E-state index contributed by atoms with van der Waals surface area (Å²) in [5, 5.41) is 7.34. The fourth-order valence-electron chi connectivity index (χ4n) is 3.66. The van der Waals surface area contributed by atoms with Crippen LogP contribution in [0.4, 0.5) is 0 Å². The molecule has 0 fully saturated rings. The van der Waals surface area contributed by atoms with E-state index < -0.39 is 0 Å². The van der Waals surface area contributed by atoms with Gasteiger partial charge >= 0.3 is 0 Å². The van der Waals surface area contributed by atoms with Crippen molar-refractivity contribution in [2.24, 2.45) is 5.10 Å². The maximum Gasteiger partial charge on any atom is 0.240 e. The fourth-order valence-corrected chi connectivity index (χ4v) is 3.93. The van der Waals surface area contributed by atoms with Crippen LogP contribution in [0.2, 0.25) is 5.15 Å². The van der Waals surface area contributed by atoms with Gasteiger partial charge in [0.05, 0.1) is 31.0 Å². The number of carbonyl (C=O) groups is 1. The van der Waals surface area contributed by atoms with Crippen LogP contribution in [0.25, 0.3) is 10.9 Å². The first-order valence-corrected chi connectivity index (χ1v) is 10.1. The molecule has 2 heterocycles. The first-order chi connectivity index (χ1) is 14.5. The van der Waals surface area contributed by atoms with Crippen LogP contribution < -0.4 is 9.47 Å². The van der Waals surface area contributed by atoms with E-state index in [1.807, 2.05) is 55.5 Å². The normalized spacial score (nSPS) is 15.9. The average molecular weight is 424 g/mol. The van der Waals surface area contributed by atoms with E-state index in [-0.39, 0.29) is 11.9 Å². The zero-order valence-electron chi connectivity index (χ0n) is 17.1. The third-order valence-electron chi connectivity index (χ3n) is 5.07. The van der Waals surface area contributed by atoms with Gasteiger partial charge in [-0.1, -0.05) is 23.7 Å². The highest BCUT2D eigenvalue weighted by atomic mass is 35.5. The second kappa shape index (κ2) is 8.32. The molecule has 0 unspecified atom stereocenters. The third-order valence-corrected chi connectivity index (χ3v) is 5.38. The molecular formula is C23H22ClN3O3. The molecule has 1 atom stereocenters. The Bertz CT molecular complexity index is 1150. The van der Waals surface area contributed by atoms with Crippen molar-refractivity contribution in [3.05, 3.63) is 64.8 Å². The van der Waals surface area contributed by atoms with Crippen molar-refractivity contribution in [1.29, 1.82) is 0 Å². The van der Waals surface area contributed by atoms with Crippen LogP contribution in [-0.2, 0) is 4.79 Å². The van der Waals surface area contributed by atoms with E-state index in [0.29, 0.717) is 18.2 Å². The summed E-state index contributed by atoms with van der Waals surface area (Å²) in [7, 11) is 1.62. The van der Waals surface area contributed by atoms with Crippen LogP contribution in [0, 0.1) is 0 Å². The van der Waals surface area contributed by atoms with Gasteiger partial charge in [0.2, 0.25) is 5.91 Å². The Hall–Kier alpha value is -3.12. The molecule has 0 bridgehead atoms. The van der Waals surface area contributed by atoms with Crippen molar-refractivity contribution < 1.29 is 14.3 Å². The zero-order valence-corrected chi connectivity index (χ0v) is 17.8. The monoisotopic (exact) mass is 423 g/mol. The zero-order chi connectivity index (χ0) is 21.3. The van der Waals surface area contributed by atoms with Gasteiger partial charge in [-0.3, -0.25) is 4.79 Å². The Labute approximate surface area is 180 Å². The van der Waals surface area contributed by atoms with Crippen LogP contribution in [0.5, 0.6) is 11.5 Å². The minimum absolute atomic E-state index is 0.155. The van der Waals surface area contributed by atoms with E-state index in [9.17, 15) is 4.79 Å². The summed E-state index contributed by atoms with van der Waals surface area (Å²) in [4.78, 5) is 16.9. The summed E-state index contributed by atoms with van der Waals surface area (Å²) in [6.07, 6.45) is 0.533. The molecule has 3 aromatic rings. The van der Waals surface area contributed by atoms with Crippen molar-refractivity contribution in [3.63, 3.8) is 0 Å². The van der Waals surface area contributed by atoms with Crippen LogP contribution in [0.3, 0.4) is 0 Å². The van der Waals surface area contributed by atoms with Gasteiger partial charge < -0.3 is 9.47 Å². The second-order valence-corrected chi connectivity index (χ2v) is 7.38. The Kier molecular flexibility index (Phi) is 5.59. The van der Waals surface area contributed by atoms with Crippen LogP contribution in [0.15, 0.2) is 53.6 Å². The van der Waals surface area contributed by atoms with Crippen LogP contribution >= 0.6 is 11.6 Å². The van der Waals surface area contributed by atoms with E-state index in [0.717, 1.165) is 39.2 Å². The SMILES string of the molecule is CCOc1ccc2nc(Cl)c([C@@H]3CC(c4cccc(OC)c4)=NN3C(C)=O)cc2c1. The summed E-state index contributed by atoms with van der Waals surface area (Å²) in [5.74, 6) is 1.35. The quantitative estimate of drug-likeness (QED) is 0.542. The van der Waals surface area contributed by atoms with E-state index in [4.69, 9.17) is 21.1 Å². The van der Waals surface area contributed by atoms with Crippen molar-refractivity contribution in [2.75, 3.05) is 13.7 Å². The Morgan fingerprint density at radius 1 is 1.20 bits per heavy atom. The molecule has 2 aromatic carbocycles. The highest BCUT2D eigenvalue weighted by molar-refractivity contribution is 6.30. The standard InChI is InChI=1S/C23H22ClN3O3/c1-4-30-18-8-9-20-16(11-18)12-19(23(24)25-20)22-13-21(26-27(22)14(2)28)15-6-5-7-17(10-15)29-3/h5-12,22H,4,13H2,1-3H3/t22-/m0/s1. The number of amides is 1. The summed E-state index contributed by atoms with van der Waals surface area (Å²) >= 11 is 6.54. The summed E-state index contributed by atoms with van der Waals surface area (Å²) < 4.78 is 10.9. The number of hydrogen-bond acceptors (Lipinski definition) is 5. The van der Waals surface area contributed by atoms with Crippen molar-refractivity contribution in [1.82, 2.24) is 9.99 Å². The number of carbonyl (C=O) groups excluding carboxylic acids is 1. The highest BCUT2D eigenvalue weighted by Gasteiger charge is 2.33. The Morgan fingerprint density at radius 2 is 2.03 bits per heavy atom. The molecule has 1 aromatic heterocycles. The predicted octanol–water partition coefficient (Wildman–Crippen LogP) is 4.99. The summed E-state index contributed by atoms with van der Waals surface area (Å²) in [5.41, 5.74) is 3.24. The van der Waals surface area contributed by atoms with Crippen molar-refractivity contribution in [3.8, 4) is 11.5 Å². The number of methoxy groups -OCH3 is 1. The van der Waals surface area contributed by atoms with Gasteiger partial charge in [-0.2, -0.15) is 5.10 Å². The van der Waals surface area contributed by atoms with E-state index >= 15 is 0 Å². The molecule has 7 heteroatoms. The smallest absolute Gasteiger partial charge is 0.240 e. The predicted molar refractivity (Wildman–Crippen MR) is 117 cm³/mol. The molecule has 1 aliphatic heterocycles. The fraction of sp³-hybridized carbons (Fsp3) is 0.261. The molecule has 0 aliphatic carbocycles. The number of fused-ring (bicyclic) bond motifs is 1. The lowest BCUT2D eigenvalue weighted by Gasteiger charge is -2.21.